The number of rotatable bonds is 5. The van der Waals surface area contributed by atoms with Crippen LogP contribution in [0.15, 0.2) is 18.2 Å². The summed E-state index contributed by atoms with van der Waals surface area (Å²) < 4.78 is 0. The van der Waals surface area contributed by atoms with Crippen LogP contribution in [-0.2, 0) is 4.79 Å². The Kier molecular flexibility index (Phi) is 4.85. The summed E-state index contributed by atoms with van der Waals surface area (Å²) in [6.07, 6.45) is 0.197. The maximum atomic E-state index is 11.8. The number of hydrogen-bond donors (Lipinski definition) is 2. The van der Waals surface area contributed by atoms with Crippen LogP contribution in [0.25, 0.3) is 0 Å². The first kappa shape index (κ1) is 15.4. The van der Waals surface area contributed by atoms with E-state index >= 15 is 0 Å². The van der Waals surface area contributed by atoms with Gasteiger partial charge in [0.1, 0.15) is 0 Å². The number of carbonyl (C=O) groups is 3. The summed E-state index contributed by atoms with van der Waals surface area (Å²) >= 11 is 1.26. The van der Waals surface area contributed by atoms with Crippen LogP contribution in [0.4, 0.5) is 10.5 Å². The molecular weight excluding hydrogens is 292 g/mol. The van der Waals surface area contributed by atoms with Crippen LogP contribution in [0, 0.1) is 6.92 Å². The van der Waals surface area contributed by atoms with Gasteiger partial charge in [0.05, 0.1) is 5.56 Å². The van der Waals surface area contributed by atoms with Gasteiger partial charge in [-0.3, -0.25) is 9.59 Å². The van der Waals surface area contributed by atoms with E-state index in [9.17, 15) is 14.4 Å². The van der Waals surface area contributed by atoms with Gasteiger partial charge in [0, 0.05) is 31.0 Å². The Labute approximate surface area is 126 Å². The lowest BCUT2D eigenvalue weighted by Crippen LogP contribution is -2.27. The van der Waals surface area contributed by atoms with Crippen LogP contribution >= 0.6 is 11.8 Å². The average molecular weight is 308 g/mol. The molecule has 2 rings (SSSR count). The van der Waals surface area contributed by atoms with Gasteiger partial charge in [-0.15, -0.1) is 0 Å². The fourth-order valence-electron chi connectivity index (χ4n) is 2.02. The maximum absolute atomic E-state index is 11.8. The SMILES string of the molecule is Cc1ccc(NC(=O)CCN2CCSC2=O)cc1C(=O)O. The summed E-state index contributed by atoms with van der Waals surface area (Å²) in [5.41, 5.74) is 1.25. The summed E-state index contributed by atoms with van der Waals surface area (Å²) in [6, 6.07) is 4.75. The molecular formula is C14H16N2O4S. The lowest BCUT2D eigenvalue weighted by atomic mass is 10.1. The van der Waals surface area contributed by atoms with Crippen molar-refractivity contribution in [3.8, 4) is 0 Å². The Morgan fingerprint density at radius 2 is 2.19 bits per heavy atom. The molecule has 112 valence electrons. The zero-order chi connectivity index (χ0) is 15.4. The van der Waals surface area contributed by atoms with Crippen LogP contribution in [0.1, 0.15) is 22.3 Å². The van der Waals surface area contributed by atoms with E-state index < -0.39 is 5.97 Å². The van der Waals surface area contributed by atoms with Gasteiger partial charge in [-0.1, -0.05) is 17.8 Å². The second-order valence-corrected chi connectivity index (χ2v) is 5.78. The largest absolute Gasteiger partial charge is 0.478 e. The molecule has 0 bridgehead atoms. The number of carboxylic acid groups (broad SMARTS) is 1. The molecule has 6 nitrogen and oxygen atoms in total. The summed E-state index contributed by atoms with van der Waals surface area (Å²) in [5, 5.41) is 11.7. The normalized spacial score (nSPS) is 14.3. The molecule has 0 unspecified atom stereocenters. The summed E-state index contributed by atoms with van der Waals surface area (Å²) in [4.78, 5) is 35.9. The van der Waals surface area contributed by atoms with E-state index in [-0.39, 0.29) is 23.1 Å². The molecule has 1 aliphatic rings. The standard InChI is InChI=1S/C14H16N2O4S/c1-9-2-3-10(8-11(9)13(18)19)15-12(17)4-5-16-6-7-21-14(16)20/h2-3,8H,4-7H2,1H3,(H,15,17)(H,18,19). The van der Waals surface area contributed by atoms with Crippen LogP contribution in [0.2, 0.25) is 0 Å². The van der Waals surface area contributed by atoms with Crippen molar-refractivity contribution in [2.45, 2.75) is 13.3 Å². The molecule has 0 radical (unpaired) electrons. The zero-order valence-electron chi connectivity index (χ0n) is 11.6. The van der Waals surface area contributed by atoms with Crippen molar-refractivity contribution in [3.63, 3.8) is 0 Å². The number of hydrogen-bond acceptors (Lipinski definition) is 4. The minimum Gasteiger partial charge on any atom is -0.478 e. The number of nitrogens with zero attached hydrogens (tertiary/aromatic N) is 1. The van der Waals surface area contributed by atoms with Gasteiger partial charge < -0.3 is 15.3 Å². The van der Waals surface area contributed by atoms with Crippen molar-refractivity contribution < 1.29 is 19.5 Å². The third-order valence-electron chi connectivity index (χ3n) is 3.21. The zero-order valence-corrected chi connectivity index (χ0v) is 12.4. The number of nitrogens with one attached hydrogen (secondary N) is 1. The Balaban J connectivity index is 1.92. The van der Waals surface area contributed by atoms with E-state index in [0.717, 1.165) is 5.75 Å². The third kappa shape index (κ3) is 3.98. The fourth-order valence-corrected chi connectivity index (χ4v) is 2.87. The van der Waals surface area contributed by atoms with E-state index in [1.165, 1.54) is 17.8 Å². The monoisotopic (exact) mass is 308 g/mol. The fraction of sp³-hybridized carbons (Fsp3) is 0.357. The van der Waals surface area contributed by atoms with Crippen molar-refractivity contribution in [1.29, 1.82) is 0 Å². The number of carbonyl (C=O) groups excluding carboxylic acids is 2. The van der Waals surface area contributed by atoms with Gasteiger partial charge >= 0.3 is 5.97 Å². The van der Waals surface area contributed by atoms with Gasteiger partial charge in [0.2, 0.25) is 5.91 Å². The number of thioether (sulfide) groups is 1. The van der Waals surface area contributed by atoms with Crippen molar-refractivity contribution in [1.82, 2.24) is 4.90 Å². The molecule has 1 aromatic carbocycles. The number of anilines is 1. The molecule has 21 heavy (non-hydrogen) atoms. The van der Waals surface area contributed by atoms with Gasteiger partial charge in [0.25, 0.3) is 5.24 Å². The summed E-state index contributed by atoms with van der Waals surface area (Å²) in [7, 11) is 0. The highest BCUT2D eigenvalue weighted by Gasteiger charge is 2.21. The Bertz CT molecular complexity index is 588. The topological polar surface area (TPSA) is 86.7 Å². The summed E-state index contributed by atoms with van der Waals surface area (Å²) in [5.74, 6) is -0.497. The van der Waals surface area contributed by atoms with Crippen LogP contribution < -0.4 is 5.32 Å². The minimum atomic E-state index is -1.02. The van der Waals surface area contributed by atoms with Crippen molar-refractivity contribution in [3.05, 3.63) is 29.3 Å². The lowest BCUT2D eigenvalue weighted by Gasteiger charge is -2.14. The molecule has 0 aliphatic carbocycles. The first-order valence-corrected chi connectivity index (χ1v) is 7.51. The smallest absolute Gasteiger partial charge is 0.336 e. The number of benzene rings is 1. The molecule has 0 spiro atoms. The van der Waals surface area contributed by atoms with Crippen molar-refractivity contribution in [2.24, 2.45) is 0 Å². The van der Waals surface area contributed by atoms with Crippen LogP contribution in [-0.4, -0.2) is 46.0 Å². The number of aryl methyl sites for hydroxylation is 1. The molecule has 0 atom stereocenters. The second-order valence-electron chi connectivity index (χ2n) is 4.73. The molecule has 0 saturated carbocycles. The molecule has 2 amide bonds. The van der Waals surface area contributed by atoms with Crippen LogP contribution in [0.5, 0.6) is 0 Å². The van der Waals surface area contributed by atoms with Crippen molar-refractivity contribution >= 4 is 34.6 Å². The molecule has 7 heteroatoms. The van der Waals surface area contributed by atoms with E-state index in [1.807, 2.05) is 0 Å². The molecule has 2 N–H and O–H groups in total. The highest BCUT2D eigenvalue weighted by molar-refractivity contribution is 8.13. The van der Waals surface area contributed by atoms with E-state index in [0.29, 0.717) is 24.3 Å². The molecule has 0 aromatic heterocycles. The molecule has 1 heterocycles. The first-order chi connectivity index (χ1) is 9.97. The van der Waals surface area contributed by atoms with Gasteiger partial charge in [0.15, 0.2) is 0 Å². The molecule has 1 saturated heterocycles. The quantitative estimate of drug-likeness (QED) is 0.870. The second kappa shape index (κ2) is 6.62. The molecule has 1 aromatic rings. The van der Waals surface area contributed by atoms with Gasteiger partial charge in [-0.2, -0.15) is 0 Å². The van der Waals surface area contributed by atoms with E-state index in [2.05, 4.69) is 5.32 Å². The number of aromatic carboxylic acids is 1. The Hall–Kier alpha value is -2.02. The Morgan fingerprint density at radius 1 is 1.43 bits per heavy atom. The number of carboxylic acids is 1. The van der Waals surface area contributed by atoms with Crippen molar-refractivity contribution in [2.75, 3.05) is 24.2 Å². The van der Waals surface area contributed by atoms with E-state index in [4.69, 9.17) is 5.11 Å². The highest BCUT2D eigenvalue weighted by atomic mass is 32.2. The van der Waals surface area contributed by atoms with E-state index in [1.54, 1.807) is 24.0 Å². The van der Waals surface area contributed by atoms with Crippen LogP contribution in [0.3, 0.4) is 0 Å². The Morgan fingerprint density at radius 3 is 2.81 bits per heavy atom. The average Bonchev–Trinajstić information content (AvgIpc) is 2.84. The number of amides is 2. The summed E-state index contributed by atoms with van der Waals surface area (Å²) in [6.45, 7) is 2.76. The molecule has 1 aliphatic heterocycles. The maximum Gasteiger partial charge on any atom is 0.336 e. The van der Waals surface area contributed by atoms with Gasteiger partial charge in [-0.05, 0) is 24.6 Å². The third-order valence-corrected chi connectivity index (χ3v) is 4.10. The minimum absolute atomic E-state index is 0.00583. The predicted octanol–water partition coefficient (Wildman–Crippen LogP) is 2.19. The molecule has 1 fully saturated rings. The lowest BCUT2D eigenvalue weighted by molar-refractivity contribution is -0.116. The first-order valence-electron chi connectivity index (χ1n) is 6.53. The van der Waals surface area contributed by atoms with Gasteiger partial charge in [-0.25, -0.2) is 4.79 Å². The highest BCUT2D eigenvalue weighted by Crippen LogP contribution is 2.18. The predicted molar refractivity (Wildman–Crippen MR) is 80.8 cm³/mol.